The minimum absolute atomic E-state index is 0.104. The Bertz CT molecular complexity index is 89.8. The van der Waals surface area contributed by atoms with Gasteiger partial charge in [0.25, 0.3) is 0 Å². The number of rotatable bonds is 0. The molecule has 1 aliphatic carbocycles. The van der Waals surface area contributed by atoms with Crippen LogP contribution in [0.4, 0.5) is 8.78 Å². The van der Waals surface area contributed by atoms with Crippen LogP contribution in [0, 0.1) is 5.92 Å². The van der Waals surface area contributed by atoms with E-state index in [9.17, 15) is 8.78 Å². The van der Waals surface area contributed by atoms with Crippen LogP contribution in [0.15, 0.2) is 0 Å². The Hall–Kier alpha value is -0.140. The highest BCUT2D eigenvalue weighted by molar-refractivity contribution is 4.78. The molecule has 0 N–H and O–H groups in total. The molecule has 2 heteroatoms. The lowest BCUT2D eigenvalue weighted by molar-refractivity contribution is 0.00579. The van der Waals surface area contributed by atoms with Crippen LogP contribution < -0.4 is 0 Å². The van der Waals surface area contributed by atoms with Crippen LogP contribution in [0.5, 0.6) is 0 Å². The lowest BCUT2D eigenvalue weighted by Gasteiger charge is -2.04. The van der Waals surface area contributed by atoms with E-state index in [-0.39, 0.29) is 18.8 Å². The summed E-state index contributed by atoms with van der Waals surface area (Å²) in [7, 11) is 0. The molecule has 1 rings (SSSR count). The maximum atomic E-state index is 12.2. The highest BCUT2D eigenvalue weighted by atomic mass is 19.3. The molecular formula is C10H22F2. The molecule has 1 saturated carbocycles. The number of hydrogen-bond donors (Lipinski definition) is 0. The molecule has 0 bridgehead atoms. The number of halogens is 2. The third-order valence-corrected chi connectivity index (χ3v) is 1.65. The first-order valence-electron chi connectivity index (χ1n) is 4.98. The smallest absolute Gasteiger partial charge is 0.207 e. The molecule has 0 aromatic heterocycles. The van der Waals surface area contributed by atoms with Gasteiger partial charge < -0.3 is 0 Å². The fourth-order valence-electron chi connectivity index (χ4n) is 1.17. The van der Waals surface area contributed by atoms with Crippen molar-refractivity contribution in [3.8, 4) is 0 Å². The fraction of sp³-hybridized carbons (Fsp3) is 1.00. The molecule has 76 valence electrons. The molecule has 0 amide bonds. The topological polar surface area (TPSA) is 0 Å². The second kappa shape index (κ2) is 7.51. The van der Waals surface area contributed by atoms with Gasteiger partial charge in [0.1, 0.15) is 0 Å². The van der Waals surface area contributed by atoms with Gasteiger partial charge in [0.05, 0.1) is 0 Å². The van der Waals surface area contributed by atoms with Crippen molar-refractivity contribution in [2.75, 3.05) is 0 Å². The van der Waals surface area contributed by atoms with Crippen molar-refractivity contribution in [3.63, 3.8) is 0 Å². The largest absolute Gasteiger partial charge is 0.248 e. The van der Waals surface area contributed by atoms with E-state index in [4.69, 9.17) is 0 Å². The second-order valence-corrected chi connectivity index (χ2v) is 2.70. The fourth-order valence-corrected chi connectivity index (χ4v) is 1.17. The molecule has 0 spiro atoms. The van der Waals surface area contributed by atoms with Gasteiger partial charge in [-0.05, 0) is 12.3 Å². The van der Waals surface area contributed by atoms with Crippen molar-refractivity contribution in [2.24, 2.45) is 5.92 Å². The maximum absolute atomic E-state index is 12.2. The number of hydrogen-bond acceptors (Lipinski definition) is 0. The number of alkyl halides is 2. The normalized spacial score (nSPS) is 24.8. The van der Waals surface area contributed by atoms with Crippen molar-refractivity contribution in [1.29, 1.82) is 0 Å². The van der Waals surface area contributed by atoms with Gasteiger partial charge in [0.2, 0.25) is 5.92 Å². The van der Waals surface area contributed by atoms with E-state index in [1.807, 2.05) is 34.6 Å². The standard InChI is InChI=1S/C6H10F2.2C2H6/c1-5-2-3-6(7,8)4-5;2*1-2/h5H,2-4H2,1H3;2*1-2H3. The lowest BCUT2D eigenvalue weighted by Crippen LogP contribution is -2.08. The van der Waals surface area contributed by atoms with Crippen molar-refractivity contribution >= 4 is 0 Å². The minimum Gasteiger partial charge on any atom is -0.207 e. The van der Waals surface area contributed by atoms with Gasteiger partial charge in [0.15, 0.2) is 0 Å². The first kappa shape index (κ1) is 14.4. The van der Waals surface area contributed by atoms with E-state index in [1.54, 1.807) is 0 Å². The summed E-state index contributed by atoms with van der Waals surface area (Å²) < 4.78 is 24.4. The van der Waals surface area contributed by atoms with Crippen LogP contribution in [-0.4, -0.2) is 5.92 Å². The molecule has 0 heterocycles. The Labute approximate surface area is 75.4 Å². The van der Waals surface area contributed by atoms with Crippen molar-refractivity contribution < 1.29 is 8.78 Å². The van der Waals surface area contributed by atoms with Gasteiger partial charge in [-0.2, -0.15) is 0 Å². The van der Waals surface area contributed by atoms with E-state index < -0.39 is 5.92 Å². The molecular weight excluding hydrogens is 158 g/mol. The summed E-state index contributed by atoms with van der Waals surface area (Å²) in [5.74, 6) is -2.09. The van der Waals surface area contributed by atoms with Gasteiger partial charge in [-0.1, -0.05) is 34.6 Å². The zero-order valence-corrected chi connectivity index (χ0v) is 8.95. The summed E-state index contributed by atoms with van der Waals surface area (Å²) in [6.45, 7) is 9.88. The average molecular weight is 180 g/mol. The SMILES string of the molecule is CC.CC.CC1CCC(F)(F)C1. The predicted molar refractivity (Wildman–Crippen MR) is 50.7 cm³/mol. The lowest BCUT2D eigenvalue weighted by atomic mass is 10.1. The molecule has 0 nitrogen and oxygen atoms in total. The highest BCUT2D eigenvalue weighted by Gasteiger charge is 2.36. The van der Waals surface area contributed by atoms with Crippen LogP contribution in [-0.2, 0) is 0 Å². The van der Waals surface area contributed by atoms with E-state index in [0.717, 1.165) is 0 Å². The average Bonchev–Trinajstić information content (AvgIpc) is 2.37. The monoisotopic (exact) mass is 180 g/mol. The highest BCUT2D eigenvalue weighted by Crippen LogP contribution is 2.38. The van der Waals surface area contributed by atoms with E-state index >= 15 is 0 Å². The Morgan fingerprint density at radius 3 is 1.58 bits per heavy atom. The van der Waals surface area contributed by atoms with Crippen LogP contribution in [0.2, 0.25) is 0 Å². The van der Waals surface area contributed by atoms with Crippen LogP contribution in [0.1, 0.15) is 53.9 Å². The Balaban J connectivity index is 0. The summed E-state index contributed by atoms with van der Waals surface area (Å²) in [5, 5.41) is 0. The van der Waals surface area contributed by atoms with E-state index in [2.05, 4.69) is 0 Å². The molecule has 12 heavy (non-hydrogen) atoms. The minimum atomic E-state index is -2.33. The molecule has 0 aromatic carbocycles. The van der Waals surface area contributed by atoms with Gasteiger partial charge in [-0.3, -0.25) is 0 Å². The second-order valence-electron chi connectivity index (χ2n) is 2.70. The van der Waals surface area contributed by atoms with E-state index in [1.165, 1.54) is 0 Å². The zero-order valence-electron chi connectivity index (χ0n) is 8.95. The Morgan fingerprint density at radius 2 is 1.50 bits per heavy atom. The predicted octanol–water partition coefficient (Wildman–Crippen LogP) is 4.49. The van der Waals surface area contributed by atoms with Crippen molar-refractivity contribution in [3.05, 3.63) is 0 Å². The molecule has 0 radical (unpaired) electrons. The molecule has 0 aliphatic heterocycles. The quantitative estimate of drug-likeness (QED) is 0.515. The third-order valence-electron chi connectivity index (χ3n) is 1.65. The summed E-state index contributed by atoms with van der Waals surface area (Å²) in [4.78, 5) is 0. The molecule has 0 aromatic rings. The first-order chi connectivity index (χ1) is 5.60. The van der Waals surface area contributed by atoms with Gasteiger partial charge >= 0.3 is 0 Å². The summed E-state index contributed by atoms with van der Waals surface area (Å²) in [6.07, 6.45) is 0.911. The molecule has 0 saturated heterocycles. The van der Waals surface area contributed by atoms with Gasteiger partial charge in [-0.25, -0.2) is 8.78 Å². The Morgan fingerprint density at radius 1 is 1.08 bits per heavy atom. The third kappa shape index (κ3) is 6.56. The summed E-state index contributed by atoms with van der Waals surface area (Å²) >= 11 is 0. The van der Waals surface area contributed by atoms with Crippen molar-refractivity contribution in [1.82, 2.24) is 0 Å². The summed E-state index contributed by atoms with van der Waals surface area (Å²) in [5.41, 5.74) is 0. The van der Waals surface area contributed by atoms with Gasteiger partial charge in [0, 0.05) is 12.8 Å². The molecule has 1 atom stereocenters. The van der Waals surface area contributed by atoms with Crippen LogP contribution >= 0.6 is 0 Å². The Kier molecular flexibility index (Phi) is 9.00. The van der Waals surface area contributed by atoms with E-state index in [0.29, 0.717) is 6.42 Å². The van der Waals surface area contributed by atoms with Gasteiger partial charge in [-0.15, -0.1) is 0 Å². The molecule has 1 aliphatic rings. The molecule has 1 unspecified atom stereocenters. The van der Waals surface area contributed by atoms with Crippen LogP contribution in [0.25, 0.3) is 0 Å². The molecule has 1 fully saturated rings. The van der Waals surface area contributed by atoms with Crippen molar-refractivity contribution in [2.45, 2.75) is 59.8 Å². The first-order valence-corrected chi connectivity index (χ1v) is 4.98. The maximum Gasteiger partial charge on any atom is 0.248 e. The zero-order chi connectivity index (χ0) is 10.2. The summed E-state index contributed by atoms with van der Waals surface area (Å²) in [6, 6.07) is 0. The van der Waals surface area contributed by atoms with Crippen LogP contribution in [0.3, 0.4) is 0 Å².